The molecule has 8 heteroatoms. The largest absolute Gasteiger partial charge is 0.417 e. The molecule has 0 aromatic carbocycles. The summed E-state index contributed by atoms with van der Waals surface area (Å²) in [5.74, 6) is 0. The molecule has 0 aliphatic carbocycles. The van der Waals surface area contributed by atoms with Gasteiger partial charge in [-0.3, -0.25) is 0 Å². The molecular formula is C14H14F3NO2S2. The molecular weight excluding hydrogens is 335 g/mol. The molecule has 0 unspecified atom stereocenters. The summed E-state index contributed by atoms with van der Waals surface area (Å²) in [6.07, 6.45) is -4.01. The van der Waals surface area contributed by atoms with Crippen LogP contribution < -0.4 is 0 Å². The van der Waals surface area contributed by atoms with Crippen molar-refractivity contribution in [3.05, 3.63) is 40.9 Å². The van der Waals surface area contributed by atoms with E-state index in [0.29, 0.717) is 6.20 Å². The first-order chi connectivity index (χ1) is 9.92. The Hall–Kier alpha value is -1.41. The summed E-state index contributed by atoms with van der Waals surface area (Å²) in [6.45, 7) is 5.85. The highest BCUT2D eigenvalue weighted by Gasteiger charge is 2.32. The molecule has 0 amide bonds. The quantitative estimate of drug-likeness (QED) is 0.812. The van der Waals surface area contributed by atoms with Crippen LogP contribution in [0.25, 0.3) is 0 Å². The molecule has 2 heterocycles. The second-order valence-corrected chi connectivity index (χ2v) is 8.96. The van der Waals surface area contributed by atoms with E-state index in [0.717, 1.165) is 28.3 Å². The Morgan fingerprint density at radius 1 is 1.05 bits per heavy atom. The van der Waals surface area contributed by atoms with E-state index < -0.39 is 21.6 Å². The molecule has 0 saturated carbocycles. The van der Waals surface area contributed by atoms with Gasteiger partial charge in [0.2, 0.25) is 9.84 Å². The van der Waals surface area contributed by atoms with E-state index in [4.69, 9.17) is 0 Å². The molecule has 0 aliphatic rings. The standard InChI is InChI=1S/C14H14F3NO2S2/c1-13(2,3)10-5-7-12(21-10)22(19,20)11-6-4-9(8-18-11)14(15,16)17/h4-8H,1-3H3. The van der Waals surface area contributed by atoms with E-state index in [-0.39, 0.29) is 14.7 Å². The Morgan fingerprint density at radius 3 is 2.09 bits per heavy atom. The van der Waals surface area contributed by atoms with Crippen LogP contribution in [0.4, 0.5) is 13.2 Å². The SMILES string of the molecule is CC(C)(C)c1ccc(S(=O)(=O)c2ccc(C(F)(F)F)cn2)s1. The summed E-state index contributed by atoms with van der Waals surface area (Å²) in [5.41, 5.74) is -1.18. The zero-order valence-electron chi connectivity index (χ0n) is 12.1. The molecule has 0 aliphatic heterocycles. The number of sulfone groups is 1. The van der Waals surface area contributed by atoms with Crippen LogP contribution in [-0.2, 0) is 21.4 Å². The van der Waals surface area contributed by atoms with Crippen molar-refractivity contribution in [2.75, 3.05) is 0 Å². The third-order valence-electron chi connectivity index (χ3n) is 2.92. The maximum atomic E-state index is 12.5. The highest BCUT2D eigenvalue weighted by molar-refractivity contribution is 7.93. The first-order valence-electron chi connectivity index (χ1n) is 6.31. The normalized spacial score (nSPS) is 13.4. The van der Waals surface area contributed by atoms with Crippen molar-refractivity contribution in [1.29, 1.82) is 0 Å². The summed E-state index contributed by atoms with van der Waals surface area (Å²) >= 11 is 1.10. The van der Waals surface area contributed by atoms with Crippen molar-refractivity contribution < 1.29 is 21.6 Å². The fraction of sp³-hybridized carbons (Fsp3) is 0.357. The third kappa shape index (κ3) is 3.33. The van der Waals surface area contributed by atoms with Gasteiger partial charge in [0.25, 0.3) is 0 Å². The Balaban J connectivity index is 2.41. The molecule has 0 N–H and O–H groups in total. The lowest BCUT2D eigenvalue weighted by Gasteiger charge is -2.15. The van der Waals surface area contributed by atoms with Crippen LogP contribution in [0, 0.1) is 0 Å². The molecule has 0 spiro atoms. The Kier molecular flexibility index (Phi) is 4.12. The van der Waals surface area contributed by atoms with Crippen LogP contribution in [0.1, 0.15) is 31.2 Å². The van der Waals surface area contributed by atoms with Gasteiger partial charge in [-0.2, -0.15) is 13.2 Å². The van der Waals surface area contributed by atoms with Crippen molar-refractivity contribution in [3.63, 3.8) is 0 Å². The van der Waals surface area contributed by atoms with Crippen LogP contribution in [0.2, 0.25) is 0 Å². The van der Waals surface area contributed by atoms with Gasteiger partial charge >= 0.3 is 6.18 Å². The lowest BCUT2D eigenvalue weighted by atomic mass is 9.95. The van der Waals surface area contributed by atoms with Gasteiger partial charge in [0, 0.05) is 11.1 Å². The second-order valence-electron chi connectivity index (χ2n) is 5.75. The van der Waals surface area contributed by atoms with E-state index in [1.807, 2.05) is 20.8 Å². The van der Waals surface area contributed by atoms with E-state index in [1.54, 1.807) is 6.07 Å². The first-order valence-corrected chi connectivity index (χ1v) is 8.61. The molecule has 0 atom stereocenters. The number of pyridine rings is 1. The fourth-order valence-electron chi connectivity index (χ4n) is 1.68. The number of hydrogen-bond donors (Lipinski definition) is 0. The molecule has 2 aromatic heterocycles. The second kappa shape index (κ2) is 5.34. The summed E-state index contributed by atoms with van der Waals surface area (Å²) in [5, 5.41) is -0.386. The maximum absolute atomic E-state index is 12.5. The fourth-order valence-corrected chi connectivity index (χ4v) is 4.33. The minimum absolute atomic E-state index is 0.0738. The summed E-state index contributed by atoms with van der Waals surface area (Å²) in [4.78, 5) is 4.34. The minimum Gasteiger partial charge on any atom is -0.244 e. The molecule has 0 bridgehead atoms. The van der Waals surface area contributed by atoms with Gasteiger partial charge in [0.05, 0.1) is 5.56 Å². The topological polar surface area (TPSA) is 47.0 Å². The van der Waals surface area contributed by atoms with Crippen molar-refractivity contribution in [2.24, 2.45) is 0 Å². The molecule has 2 rings (SSSR count). The Labute approximate surface area is 130 Å². The lowest BCUT2D eigenvalue weighted by molar-refractivity contribution is -0.137. The number of hydrogen-bond acceptors (Lipinski definition) is 4. The van der Waals surface area contributed by atoms with Gasteiger partial charge in [-0.15, -0.1) is 11.3 Å². The number of halogens is 3. The number of alkyl halides is 3. The Bertz CT molecular complexity index is 770. The maximum Gasteiger partial charge on any atom is 0.417 e. The van der Waals surface area contributed by atoms with Gasteiger partial charge in [0.1, 0.15) is 4.21 Å². The predicted molar refractivity (Wildman–Crippen MR) is 77.7 cm³/mol. The van der Waals surface area contributed by atoms with Crippen molar-refractivity contribution in [2.45, 2.75) is 41.6 Å². The van der Waals surface area contributed by atoms with Crippen molar-refractivity contribution >= 4 is 21.2 Å². The summed E-state index contributed by atoms with van der Waals surface area (Å²) in [6, 6.07) is 4.77. The van der Waals surface area contributed by atoms with Gasteiger partial charge in [0.15, 0.2) is 5.03 Å². The summed E-state index contributed by atoms with van der Waals surface area (Å²) in [7, 11) is -3.90. The van der Waals surface area contributed by atoms with Crippen LogP contribution in [0.3, 0.4) is 0 Å². The van der Waals surface area contributed by atoms with Gasteiger partial charge in [-0.1, -0.05) is 20.8 Å². The predicted octanol–water partition coefficient (Wildman–Crippen LogP) is 4.29. The average molecular weight is 349 g/mol. The highest BCUT2D eigenvalue weighted by atomic mass is 32.2. The molecule has 0 fully saturated rings. The summed E-state index contributed by atoms with van der Waals surface area (Å²) < 4.78 is 62.3. The van der Waals surface area contributed by atoms with Gasteiger partial charge in [-0.25, -0.2) is 13.4 Å². The zero-order valence-corrected chi connectivity index (χ0v) is 13.7. The minimum atomic E-state index is -4.54. The van der Waals surface area contributed by atoms with Crippen LogP contribution >= 0.6 is 11.3 Å². The number of nitrogens with zero attached hydrogens (tertiary/aromatic N) is 1. The highest BCUT2D eigenvalue weighted by Crippen LogP contribution is 2.34. The molecule has 2 aromatic rings. The molecule has 0 radical (unpaired) electrons. The van der Waals surface area contributed by atoms with E-state index in [2.05, 4.69) is 4.98 Å². The van der Waals surface area contributed by atoms with E-state index in [9.17, 15) is 21.6 Å². The van der Waals surface area contributed by atoms with Crippen LogP contribution in [0.5, 0.6) is 0 Å². The number of thiophene rings is 1. The first kappa shape index (κ1) is 17.0. The number of rotatable bonds is 2. The molecule has 120 valence electrons. The molecule has 0 saturated heterocycles. The average Bonchev–Trinajstić information content (AvgIpc) is 2.88. The van der Waals surface area contributed by atoms with E-state index in [1.165, 1.54) is 6.07 Å². The van der Waals surface area contributed by atoms with Crippen LogP contribution in [-0.4, -0.2) is 13.4 Å². The van der Waals surface area contributed by atoms with Crippen molar-refractivity contribution in [1.82, 2.24) is 4.98 Å². The third-order valence-corrected chi connectivity index (χ3v) is 6.60. The molecule has 22 heavy (non-hydrogen) atoms. The number of aromatic nitrogens is 1. The lowest BCUT2D eigenvalue weighted by Crippen LogP contribution is -2.09. The monoisotopic (exact) mass is 349 g/mol. The van der Waals surface area contributed by atoms with Crippen LogP contribution in [0.15, 0.2) is 39.7 Å². The van der Waals surface area contributed by atoms with Gasteiger partial charge < -0.3 is 0 Å². The van der Waals surface area contributed by atoms with Gasteiger partial charge in [-0.05, 0) is 29.7 Å². The molecule has 3 nitrogen and oxygen atoms in total. The smallest absolute Gasteiger partial charge is 0.244 e. The van der Waals surface area contributed by atoms with Crippen molar-refractivity contribution in [3.8, 4) is 0 Å². The Morgan fingerprint density at radius 2 is 1.68 bits per heavy atom. The van der Waals surface area contributed by atoms with E-state index >= 15 is 0 Å². The zero-order chi connectivity index (χ0) is 16.8.